The zero-order chi connectivity index (χ0) is 25.2. The van der Waals surface area contributed by atoms with Crippen molar-refractivity contribution in [2.45, 2.75) is 51.4 Å². The number of benzene rings is 2. The Labute approximate surface area is 197 Å². The SMILES string of the molecule is O=C(O)C(CCCCCCC(Cc1ccccc1)(C(=O)O)C(=O)O)(Cc1ccccc1)C(=O)O. The van der Waals surface area contributed by atoms with Crippen molar-refractivity contribution >= 4 is 23.9 Å². The summed E-state index contributed by atoms with van der Waals surface area (Å²) < 4.78 is 0. The Morgan fingerprint density at radius 2 is 0.794 bits per heavy atom. The Hall–Kier alpha value is -3.68. The molecule has 0 amide bonds. The molecule has 0 unspecified atom stereocenters. The van der Waals surface area contributed by atoms with Gasteiger partial charge in [0.25, 0.3) is 0 Å². The van der Waals surface area contributed by atoms with Crippen LogP contribution in [0.2, 0.25) is 0 Å². The standard InChI is InChI=1S/C26H30O8/c27-21(28)25(22(29)30,17-19-11-5-3-6-12-19)15-9-1-2-10-16-26(23(31)32,24(33)34)18-20-13-7-4-8-14-20/h3-8,11-14H,1-2,9-10,15-18H2,(H,27,28)(H,29,30)(H,31,32)(H,33,34). The maximum atomic E-state index is 11.9. The van der Waals surface area contributed by atoms with Crippen LogP contribution in [-0.2, 0) is 32.0 Å². The summed E-state index contributed by atoms with van der Waals surface area (Å²) in [6, 6.07) is 17.1. The minimum Gasteiger partial charge on any atom is -0.480 e. The van der Waals surface area contributed by atoms with E-state index >= 15 is 0 Å². The van der Waals surface area contributed by atoms with E-state index in [-0.39, 0.29) is 25.7 Å². The van der Waals surface area contributed by atoms with Gasteiger partial charge < -0.3 is 20.4 Å². The van der Waals surface area contributed by atoms with Crippen LogP contribution in [-0.4, -0.2) is 44.3 Å². The van der Waals surface area contributed by atoms with E-state index in [2.05, 4.69) is 0 Å². The lowest BCUT2D eigenvalue weighted by molar-refractivity contribution is -0.167. The van der Waals surface area contributed by atoms with Crippen LogP contribution in [0.4, 0.5) is 0 Å². The molecule has 2 rings (SSSR count). The van der Waals surface area contributed by atoms with Crippen LogP contribution < -0.4 is 0 Å². The fourth-order valence-electron chi connectivity index (χ4n) is 4.19. The molecule has 0 aromatic heterocycles. The highest BCUT2D eigenvalue weighted by Gasteiger charge is 2.47. The lowest BCUT2D eigenvalue weighted by Gasteiger charge is -2.26. The number of unbranched alkanes of at least 4 members (excludes halogenated alkanes) is 3. The van der Waals surface area contributed by atoms with Gasteiger partial charge in [0.05, 0.1) is 0 Å². The van der Waals surface area contributed by atoms with Crippen molar-refractivity contribution in [2.24, 2.45) is 10.8 Å². The average molecular weight is 471 g/mol. The van der Waals surface area contributed by atoms with Crippen molar-refractivity contribution in [3.8, 4) is 0 Å². The molecule has 0 spiro atoms. The molecule has 0 aliphatic heterocycles. The number of carboxylic acids is 4. The molecule has 34 heavy (non-hydrogen) atoms. The number of aliphatic carboxylic acids is 4. The first-order chi connectivity index (χ1) is 16.1. The fourth-order valence-corrected chi connectivity index (χ4v) is 4.19. The normalized spacial score (nSPS) is 11.6. The van der Waals surface area contributed by atoms with Gasteiger partial charge in [0.2, 0.25) is 0 Å². The fraction of sp³-hybridized carbons (Fsp3) is 0.385. The van der Waals surface area contributed by atoms with E-state index in [0.717, 1.165) is 0 Å². The molecule has 4 N–H and O–H groups in total. The van der Waals surface area contributed by atoms with Crippen LogP contribution in [0.15, 0.2) is 60.7 Å². The summed E-state index contributed by atoms with van der Waals surface area (Å²) >= 11 is 0. The van der Waals surface area contributed by atoms with Gasteiger partial charge >= 0.3 is 23.9 Å². The molecule has 0 aliphatic rings. The summed E-state index contributed by atoms with van der Waals surface area (Å²) in [6.45, 7) is 0. The highest BCUT2D eigenvalue weighted by atomic mass is 16.4. The molecule has 0 radical (unpaired) electrons. The maximum absolute atomic E-state index is 11.9. The molecule has 2 aromatic rings. The number of hydrogen-bond acceptors (Lipinski definition) is 4. The number of hydrogen-bond donors (Lipinski definition) is 4. The van der Waals surface area contributed by atoms with Crippen LogP contribution >= 0.6 is 0 Å². The molecule has 0 bridgehead atoms. The molecule has 8 heteroatoms. The first kappa shape index (κ1) is 26.6. The summed E-state index contributed by atoms with van der Waals surface area (Å²) in [4.78, 5) is 47.7. The van der Waals surface area contributed by atoms with Crippen LogP contribution in [0, 0.1) is 10.8 Å². The second-order valence-electron chi connectivity index (χ2n) is 8.62. The van der Waals surface area contributed by atoms with Crippen LogP contribution in [0.25, 0.3) is 0 Å². The molecule has 0 atom stereocenters. The van der Waals surface area contributed by atoms with Gasteiger partial charge in [-0.25, -0.2) is 0 Å². The predicted octanol–water partition coefficient (Wildman–Crippen LogP) is 4.12. The number of carboxylic acid groups (broad SMARTS) is 4. The molecule has 2 aromatic carbocycles. The minimum absolute atomic E-state index is 0.0837. The van der Waals surface area contributed by atoms with Crippen molar-refractivity contribution < 1.29 is 39.6 Å². The van der Waals surface area contributed by atoms with Crippen molar-refractivity contribution in [1.82, 2.24) is 0 Å². The minimum atomic E-state index is -1.96. The molecule has 182 valence electrons. The lowest BCUT2D eigenvalue weighted by atomic mass is 9.76. The summed E-state index contributed by atoms with van der Waals surface area (Å²) in [6.07, 6.45) is 1.07. The molecule has 0 heterocycles. The van der Waals surface area contributed by atoms with Crippen molar-refractivity contribution in [1.29, 1.82) is 0 Å². The first-order valence-corrected chi connectivity index (χ1v) is 11.2. The maximum Gasteiger partial charge on any atom is 0.321 e. The molecule has 8 nitrogen and oxygen atoms in total. The third-order valence-corrected chi connectivity index (χ3v) is 6.29. The van der Waals surface area contributed by atoms with E-state index < -0.39 is 34.7 Å². The Morgan fingerprint density at radius 3 is 1.06 bits per heavy atom. The highest BCUT2D eigenvalue weighted by Crippen LogP contribution is 2.33. The molecule has 0 aliphatic carbocycles. The Bertz CT molecular complexity index is 875. The van der Waals surface area contributed by atoms with Gasteiger partial charge in [-0.1, -0.05) is 86.3 Å². The summed E-state index contributed by atoms with van der Waals surface area (Å²) in [5, 5.41) is 38.9. The molecule has 0 saturated carbocycles. The summed E-state index contributed by atoms with van der Waals surface area (Å²) in [7, 11) is 0. The van der Waals surface area contributed by atoms with E-state index in [9.17, 15) is 39.6 Å². The van der Waals surface area contributed by atoms with Gasteiger partial charge in [0, 0.05) is 0 Å². The Balaban J connectivity index is 1.99. The van der Waals surface area contributed by atoms with Gasteiger partial charge in [0.1, 0.15) is 0 Å². The van der Waals surface area contributed by atoms with Crippen molar-refractivity contribution in [3.63, 3.8) is 0 Å². The third-order valence-electron chi connectivity index (χ3n) is 6.29. The quantitative estimate of drug-likeness (QED) is 0.224. The van der Waals surface area contributed by atoms with E-state index in [0.29, 0.717) is 36.8 Å². The Morgan fingerprint density at radius 1 is 0.500 bits per heavy atom. The van der Waals surface area contributed by atoms with Crippen molar-refractivity contribution in [2.75, 3.05) is 0 Å². The van der Waals surface area contributed by atoms with Crippen LogP contribution in [0.1, 0.15) is 49.7 Å². The van der Waals surface area contributed by atoms with Gasteiger partial charge in [-0.05, 0) is 36.8 Å². The topological polar surface area (TPSA) is 149 Å². The summed E-state index contributed by atoms with van der Waals surface area (Å²) in [5.74, 6) is -5.60. The van der Waals surface area contributed by atoms with E-state index in [1.54, 1.807) is 60.7 Å². The third kappa shape index (κ3) is 6.43. The van der Waals surface area contributed by atoms with Gasteiger partial charge in [-0.3, -0.25) is 19.2 Å². The second kappa shape index (κ2) is 12.0. The van der Waals surface area contributed by atoms with Gasteiger partial charge in [0.15, 0.2) is 10.8 Å². The first-order valence-electron chi connectivity index (χ1n) is 11.2. The second-order valence-corrected chi connectivity index (χ2v) is 8.62. The molecular weight excluding hydrogens is 440 g/mol. The zero-order valence-electron chi connectivity index (χ0n) is 18.9. The number of carbonyl (C=O) groups is 4. The van der Waals surface area contributed by atoms with E-state index in [4.69, 9.17) is 0 Å². The molecule has 0 saturated heterocycles. The predicted molar refractivity (Wildman–Crippen MR) is 123 cm³/mol. The van der Waals surface area contributed by atoms with Crippen molar-refractivity contribution in [3.05, 3.63) is 71.8 Å². The average Bonchev–Trinajstić information content (AvgIpc) is 2.80. The number of rotatable bonds is 15. The highest BCUT2D eigenvalue weighted by molar-refractivity contribution is 5.99. The smallest absolute Gasteiger partial charge is 0.321 e. The summed E-state index contributed by atoms with van der Waals surface area (Å²) in [5.41, 5.74) is -2.69. The lowest BCUT2D eigenvalue weighted by Crippen LogP contribution is -2.41. The van der Waals surface area contributed by atoms with Gasteiger partial charge in [-0.2, -0.15) is 0 Å². The van der Waals surface area contributed by atoms with E-state index in [1.807, 2.05) is 0 Å². The van der Waals surface area contributed by atoms with Gasteiger partial charge in [-0.15, -0.1) is 0 Å². The molecule has 0 fully saturated rings. The van der Waals surface area contributed by atoms with Crippen LogP contribution in [0.5, 0.6) is 0 Å². The largest absolute Gasteiger partial charge is 0.480 e. The van der Waals surface area contributed by atoms with Crippen LogP contribution in [0.3, 0.4) is 0 Å². The zero-order valence-corrected chi connectivity index (χ0v) is 18.9. The monoisotopic (exact) mass is 470 g/mol. The van der Waals surface area contributed by atoms with E-state index in [1.165, 1.54) is 0 Å². The molecular formula is C26H30O8. The Kier molecular flexibility index (Phi) is 9.36.